The molecule has 0 saturated carbocycles. The minimum Gasteiger partial charge on any atom is -0.367 e. The Kier molecular flexibility index (Phi) is 6.24. The summed E-state index contributed by atoms with van der Waals surface area (Å²) in [6.45, 7) is 1.95. The van der Waals surface area contributed by atoms with Crippen molar-refractivity contribution >= 4 is 45.7 Å². The Morgan fingerprint density at radius 1 is 1.36 bits per heavy atom. The van der Waals surface area contributed by atoms with Gasteiger partial charge in [0.1, 0.15) is 5.65 Å². The van der Waals surface area contributed by atoms with Crippen molar-refractivity contribution in [3.05, 3.63) is 57.9 Å². The predicted octanol–water partition coefficient (Wildman–Crippen LogP) is 4.77. The topological polar surface area (TPSA) is 86.8 Å². The molecule has 1 saturated heterocycles. The molecule has 0 radical (unpaired) electrons. The van der Waals surface area contributed by atoms with Crippen molar-refractivity contribution in [2.24, 2.45) is 5.92 Å². The number of carbonyl (C=O) groups is 1. The summed E-state index contributed by atoms with van der Waals surface area (Å²) in [6, 6.07) is 5.72. The highest BCUT2D eigenvalue weighted by atomic mass is 35.5. The lowest BCUT2D eigenvalue weighted by molar-refractivity contribution is -0.132. The Morgan fingerprint density at radius 2 is 2.27 bits per heavy atom. The van der Waals surface area contributed by atoms with E-state index in [-0.39, 0.29) is 17.6 Å². The predicted molar refractivity (Wildman–Crippen MR) is 128 cm³/mol. The SMILES string of the molecule is O=C(Cc1cccs1)N1CCC[C@H](CNc2nc(-c3c[nH]c4ncc(Cl)cc34)ncc2F)C1. The number of halogens is 2. The summed E-state index contributed by atoms with van der Waals surface area (Å²) < 4.78 is 14.5. The summed E-state index contributed by atoms with van der Waals surface area (Å²) in [5.41, 5.74) is 1.36. The Morgan fingerprint density at radius 3 is 3.12 bits per heavy atom. The molecule has 4 aromatic rings. The number of hydrogen-bond acceptors (Lipinski definition) is 6. The molecule has 33 heavy (non-hydrogen) atoms. The number of carbonyl (C=O) groups excluding carboxylic acids is 1. The number of nitrogens with zero attached hydrogens (tertiary/aromatic N) is 4. The van der Waals surface area contributed by atoms with Gasteiger partial charge >= 0.3 is 0 Å². The molecule has 5 rings (SSSR count). The highest BCUT2D eigenvalue weighted by Crippen LogP contribution is 2.28. The lowest BCUT2D eigenvalue weighted by atomic mass is 9.97. The maximum atomic E-state index is 14.5. The van der Waals surface area contributed by atoms with Gasteiger partial charge in [-0.2, -0.15) is 0 Å². The average molecular weight is 485 g/mol. The quantitative estimate of drug-likeness (QED) is 0.412. The monoisotopic (exact) mass is 484 g/mol. The van der Waals surface area contributed by atoms with Gasteiger partial charge < -0.3 is 15.2 Å². The number of fused-ring (bicyclic) bond motifs is 1. The van der Waals surface area contributed by atoms with Gasteiger partial charge in [-0.1, -0.05) is 17.7 Å². The van der Waals surface area contributed by atoms with E-state index in [9.17, 15) is 9.18 Å². The zero-order chi connectivity index (χ0) is 22.8. The van der Waals surface area contributed by atoms with Gasteiger partial charge in [0, 0.05) is 47.9 Å². The van der Waals surface area contributed by atoms with E-state index in [1.165, 1.54) is 6.20 Å². The number of pyridine rings is 1. The van der Waals surface area contributed by atoms with Gasteiger partial charge in [-0.05, 0) is 36.3 Å². The summed E-state index contributed by atoms with van der Waals surface area (Å²) >= 11 is 7.68. The molecule has 10 heteroatoms. The van der Waals surface area contributed by atoms with Crippen LogP contribution in [0.15, 0.2) is 42.2 Å². The van der Waals surface area contributed by atoms with Crippen molar-refractivity contribution < 1.29 is 9.18 Å². The smallest absolute Gasteiger partial charge is 0.227 e. The highest BCUT2D eigenvalue weighted by Gasteiger charge is 2.24. The normalized spacial score (nSPS) is 16.3. The van der Waals surface area contributed by atoms with E-state index in [2.05, 4.69) is 25.3 Å². The van der Waals surface area contributed by atoms with Gasteiger partial charge in [-0.15, -0.1) is 11.3 Å². The third kappa shape index (κ3) is 4.84. The summed E-state index contributed by atoms with van der Waals surface area (Å²) in [7, 11) is 0. The third-order valence-electron chi connectivity index (χ3n) is 5.82. The molecule has 1 atom stereocenters. The zero-order valence-corrected chi connectivity index (χ0v) is 19.3. The second kappa shape index (κ2) is 9.44. The van der Waals surface area contributed by atoms with Crippen molar-refractivity contribution in [3.63, 3.8) is 0 Å². The number of aromatic nitrogens is 4. The number of hydrogen-bond donors (Lipinski definition) is 2. The Bertz CT molecular complexity index is 1280. The van der Waals surface area contributed by atoms with Gasteiger partial charge in [0.05, 0.1) is 17.6 Å². The zero-order valence-electron chi connectivity index (χ0n) is 17.7. The van der Waals surface area contributed by atoms with Crippen LogP contribution in [0.5, 0.6) is 0 Å². The van der Waals surface area contributed by atoms with Gasteiger partial charge in [-0.25, -0.2) is 19.3 Å². The highest BCUT2D eigenvalue weighted by molar-refractivity contribution is 7.10. The number of thiophene rings is 1. The number of anilines is 1. The van der Waals surface area contributed by atoms with Crippen molar-refractivity contribution in [2.75, 3.05) is 25.0 Å². The van der Waals surface area contributed by atoms with Crippen LogP contribution in [-0.4, -0.2) is 50.4 Å². The number of nitrogens with one attached hydrogen (secondary N) is 2. The van der Waals surface area contributed by atoms with Gasteiger partial charge in [-0.3, -0.25) is 4.79 Å². The summed E-state index contributed by atoms with van der Waals surface area (Å²) in [6.07, 6.45) is 6.81. The van der Waals surface area contributed by atoms with Crippen LogP contribution in [-0.2, 0) is 11.2 Å². The average Bonchev–Trinajstić information content (AvgIpc) is 3.48. The molecule has 1 aliphatic heterocycles. The van der Waals surface area contributed by atoms with Gasteiger partial charge in [0.15, 0.2) is 17.5 Å². The molecular weight excluding hydrogens is 463 g/mol. The lowest BCUT2D eigenvalue weighted by Crippen LogP contribution is -2.42. The minimum absolute atomic E-state index is 0.143. The van der Waals surface area contributed by atoms with Crippen LogP contribution in [0.25, 0.3) is 22.4 Å². The van der Waals surface area contributed by atoms with Crippen LogP contribution >= 0.6 is 22.9 Å². The van der Waals surface area contributed by atoms with Crippen molar-refractivity contribution in [2.45, 2.75) is 19.3 Å². The molecule has 0 aliphatic carbocycles. The number of H-pyrrole nitrogens is 1. The van der Waals surface area contributed by atoms with Crippen LogP contribution in [0.2, 0.25) is 5.02 Å². The van der Waals surface area contributed by atoms with Crippen LogP contribution in [0.3, 0.4) is 0 Å². The first-order valence-corrected chi connectivity index (χ1v) is 12.0. The van der Waals surface area contributed by atoms with E-state index in [1.807, 2.05) is 22.4 Å². The molecule has 2 N–H and O–H groups in total. The Hall–Kier alpha value is -3.04. The molecule has 0 unspecified atom stereocenters. The maximum Gasteiger partial charge on any atom is 0.227 e. The molecule has 170 valence electrons. The lowest BCUT2D eigenvalue weighted by Gasteiger charge is -2.33. The fourth-order valence-electron chi connectivity index (χ4n) is 4.16. The molecule has 0 bridgehead atoms. The second-order valence-electron chi connectivity index (χ2n) is 8.13. The maximum absolute atomic E-state index is 14.5. The fourth-order valence-corrected chi connectivity index (χ4v) is 5.01. The third-order valence-corrected chi connectivity index (χ3v) is 6.90. The molecule has 0 aromatic carbocycles. The van der Waals surface area contributed by atoms with Crippen molar-refractivity contribution in [3.8, 4) is 11.4 Å². The fraction of sp³-hybridized carbons (Fsp3) is 0.304. The first-order chi connectivity index (χ1) is 16.1. The van der Waals surface area contributed by atoms with E-state index >= 15 is 0 Å². The first kappa shape index (κ1) is 21.8. The molecule has 1 fully saturated rings. The van der Waals surface area contributed by atoms with E-state index in [4.69, 9.17) is 11.6 Å². The molecule has 7 nitrogen and oxygen atoms in total. The summed E-state index contributed by atoms with van der Waals surface area (Å²) in [5, 5.41) is 6.39. The molecule has 4 aromatic heterocycles. The number of piperidine rings is 1. The Labute approximate surface area is 199 Å². The standard InChI is InChI=1S/C23H22ClFN6OS/c24-15-7-17-18(11-28-21(17)27-10-15)22-29-12-19(25)23(30-22)26-9-14-3-1-5-31(13-14)20(32)8-16-4-2-6-33-16/h2,4,6-7,10-12,14H,1,3,5,8-9,13H2,(H,27,28)(H,26,29,30)/t14-/m1/s1. The van der Waals surface area contributed by atoms with Crippen LogP contribution in [0.1, 0.15) is 17.7 Å². The van der Waals surface area contributed by atoms with Crippen molar-refractivity contribution in [1.82, 2.24) is 24.8 Å². The van der Waals surface area contributed by atoms with Crippen molar-refractivity contribution in [1.29, 1.82) is 0 Å². The van der Waals surface area contributed by atoms with Crippen LogP contribution < -0.4 is 5.32 Å². The molecule has 5 heterocycles. The largest absolute Gasteiger partial charge is 0.367 e. The molecule has 1 amide bonds. The number of rotatable bonds is 6. The number of amides is 1. The summed E-state index contributed by atoms with van der Waals surface area (Å²) in [4.78, 5) is 31.5. The van der Waals surface area contributed by atoms with Gasteiger partial charge in [0.2, 0.25) is 5.91 Å². The van der Waals surface area contributed by atoms with E-state index in [0.717, 1.165) is 29.6 Å². The van der Waals surface area contributed by atoms with E-state index < -0.39 is 5.82 Å². The van der Waals surface area contributed by atoms with E-state index in [0.29, 0.717) is 41.6 Å². The second-order valence-corrected chi connectivity index (χ2v) is 9.60. The molecule has 1 aliphatic rings. The number of aromatic amines is 1. The van der Waals surface area contributed by atoms with Crippen LogP contribution in [0, 0.1) is 11.7 Å². The first-order valence-electron chi connectivity index (χ1n) is 10.8. The van der Waals surface area contributed by atoms with Gasteiger partial charge in [0.25, 0.3) is 0 Å². The van der Waals surface area contributed by atoms with E-state index in [1.54, 1.807) is 29.8 Å². The molecule has 0 spiro atoms. The Balaban J connectivity index is 1.26. The number of likely N-dealkylation sites (tertiary alicyclic amines) is 1. The minimum atomic E-state index is -0.517. The summed E-state index contributed by atoms with van der Waals surface area (Å²) in [5.74, 6) is 0.373. The van der Waals surface area contributed by atoms with Crippen LogP contribution in [0.4, 0.5) is 10.2 Å². The molecular formula is C23H22ClFN6OS.